The molecule has 174 valence electrons. The number of rotatable bonds is 8. The maximum absolute atomic E-state index is 12.4. The van der Waals surface area contributed by atoms with E-state index >= 15 is 0 Å². The standard InChI is InChI=1S/C24H31ClN2O4S/c1-32(29,30)27(17-19-9-11-20(25)12-10-19)22-13-15-23(16-14-22)31-18-24(28)26-21-7-5-3-2-4-6-8-21/h9-16,21H,2-8,17-18H2,1H3,(H,26,28). The Kier molecular flexibility index (Phi) is 8.82. The molecule has 0 radical (unpaired) electrons. The van der Waals surface area contributed by atoms with Crippen LogP contribution in [0.3, 0.4) is 0 Å². The number of carbonyl (C=O) groups excluding carboxylic acids is 1. The van der Waals surface area contributed by atoms with Gasteiger partial charge in [-0.3, -0.25) is 9.10 Å². The van der Waals surface area contributed by atoms with Crippen molar-refractivity contribution in [2.75, 3.05) is 17.2 Å². The average molecular weight is 479 g/mol. The predicted molar refractivity (Wildman–Crippen MR) is 129 cm³/mol. The molecular formula is C24H31ClN2O4S. The van der Waals surface area contributed by atoms with E-state index in [1.54, 1.807) is 48.5 Å². The van der Waals surface area contributed by atoms with Gasteiger partial charge in [0.15, 0.2) is 6.61 Å². The Morgan fingerprint density at radius 1 is 1.00 bits per heavy atom. The van der Waals surface area contributed by atoms with Crippen LogP contribution < -0.4 is 14.4 Å². The minimum atomic E-state index is -3.49. The molecule has 1 aliphatic carbocycles. The maximum atomic E-state index is 12.4. The van der Waals surface area contributed by atoms with Gasteiger partial charge >= 0.3 is 0 Å². The molecule has 1 fully saturated rings. The Morgan fingerprint density at radius 3 is 2.19 bits per heavy atom. The number of ether oxygens (including phenoxy) is 1. The van der Waals surface area contributed by atoms with Crippen molar-refractivity contribution in [2.24, 2.45) is 0 Å². The summed E-state index contributed by atoms with van der Waals surface area (Å²) in [5, 5.41) is 3.67. The molecule has 2 aromatic carbocycles. The highest BCUT2D eigenvalue weighted by Crippen LogP contribution is 2.24. The summed E-state index contributed by atoms with van der Waals surface area (Å²) in [6, 6.07) is 14.0. The van der Waals surface area contributed by atoms with Gasteiger partial charge in [-0.2, -0.15) is 0 Å². The zero-order chi connectivity index (χ0) is 23.0. The van der Waals surface area contributed by atoms with Crippen molar-refractivity contribution in [2.45, 2.75) is 57.5 Å². The smallest absolute Gasteiger partial charge is 0.258 e. The fourth-order valence-electron chi connectivity index (χ4n) is 3.88. The van der Waals surface area contributed by atoms with E-state index < -0.39 is 10.0 Å². The summed E-state index contributed by atoms with van der Waals surface area (Å²) in [6.45, 7) is 0.135. The summed E-state index contributed by atoms with van der Waals surface area (Å²) >= 11 is 5.92. The summed E-state index contributed by atoms with van der Waals surface area (Å²) in [5.41, 5.74) is 1.35. The van der Waals surface area contributed by atoms with Crippen LogP contribution in [0.5, 0.6) is 5.75 Å². The van der Waals surface area contributed by atoms with E-state index in [4.69, 9.17) is 16.3 Å². The van der Waals surface area contributed by atoms with Gasteiger partial charge in [-0.25, -0.2) is 8.42 Å². The van der Waals surface area contributed by atoms with Crippen molar-refractivity contribution >= 4 is 33.2 Å². The van der Waals surface area contributed by atoms with Crippen molar-refractivity contribution in [3.63, 3.8) is 0 Å². The molecule has 1 N–H and O–H groups in total. The molecule has 0 saturated heterocycles. The quantitative estimate of drug-likeness (QED) is 0.584. The maximum Gasteiger partial charge on any atom is 0.258 e. The first-order valence-corrected chi connectivity index (χ1v) is 13.3. The normalized spacial score (nSPS) is 15.4. The van der Waals surface area contributed by atoms with Crippen LogP contribution in [0.4, 0.5) is 5.69 Å². The number of halogens is 1. The van der Waals surface area contributed by atoms with E-state index in [0.29, 0.717) is 16.5 Å². The van der Waals surface area contributed by atoms with Crippen molar-refractivity contribution in [1.29, 1.82) is 0 Å². The number of hydrogen-bond acceptors (Lipinski definition) is 4. The molecule has 1 amide bonds. The number of benzene rings is 2. The molecule has 0 aromatic heterocycles. The highest BCUT2D eigenvalue weighted by molar-refractivity contribution is 7.92. The fourth-order valence-corrected chi connectivity index (χ4v) is 4.90. The van der Waals surface area contributed by atoms with E-state index in [9.17, 15) is 13.2 Å². The lowest BCUT2D eigenvalue weighted by Gasteiger charge is -2.23. The van der Waals surface area contributed by atoms with Gasteiger partial charge in [-0.15, -0.1) is 0 Å². The van der Waals surface area contributed by atoms with Crippen molar-refractivity contribution < 1.29 is 17.9 Å². The summed E-state index contributed by atoms with van der Waals surface area (Å²) < 4.78 is 31.7. The average Bonchev–Trinajstić information content (AvgIpc) is 2.73. The largest absolute Gasteiger partial charge is 0.484 e. The van der Waals surface area contributed by atoms with Gasteiger partial charge in [0.25, 0.3) is 5.91 Å². The van der Waals surface area contributed by atoms with Crippen molar-refractivity contribution in [3.05, 3.63) is 59.1 Å². The van der Waals surface area contributed by atoms with Gasteiger partial charge in [0.05, 0.1) is 18.5 Å². The SMILES string of the molecule is CS(=O)(=O)N(Cc1ccc(Cl)cc1)c1ccc(OCC(=O)NC2CCCCCCC2)cc1. The topological polar surface area (TPSA) is 75.7 Å². The molecule has 0 spiro atoms. The second kappa shape index (κ2) is 11.6. The Hall–Kier alpha value is -2.25. The van der Waals surface area contributed by atoms with Crippen LogP contribution in [-0.4, -0.2) is 33.2 Å². The zero-order valence-electron chi connectivity index (χ0n) is 18.4. The molecule has 3 rings (SSSR count). The second-order valence-electron chi connectivity index (χ2n) is 8.29. The molecule has 0 atom stereocenters. The van der Waals surface area contributed by atoms with Gasteiger partial charge in [0.1, 0.15) is 5.75 Å². The van der Waals surface area contributed by atoms with Crippen LogP contribution in [0.15, 0.2) is 48.5 Å². The second-order valence-corrected chi connectivity index (χ2v) is 10.6. The minimum Gasteiger partial charge on any atom is -0.484 e. The van der Waals surface area contributed by atoms with Crippen molar-refractivity contribution in [1.82, 2.24) is 5.32 Å². The lowest BCUT2D eigenvalue weighted by molar-refractivity contribution is -0.123. The van der Waals surface area contributed by atoms with E-state index in [2.05, 4.69) is 5.32 Å². The van der Waals surface area contributed by atoms with Crippen LogP contribution in [-0.2, 0) is 21.4 Å². The number of sulfonamides is 1. The first kappa shape index (κ1) is 24.4. The first-order chi connectivity index (χ1) is 15.3. The Balaban J connectivity index is 1.57. The Bertz CT molecular complexity index is 970. The summed E-state index contributed by atoms with van der Waals surface area (Å²) in [4.78, 5) is 12.3. The highest BCUT2D eigenvalue weighted by Gasteiger charge is 2.18. The third-order valence-corrected chi connectivity index (χ3v) is 7.00. The third-order valence-electron chi connectivity index (χ3n) is 5.60. The molecule has 8 heteroatoms. The number of nitrogens with zero attached hydrogens (tertiary/aromatic N) is 1. The van der Waals surface area contributed by atoms with E-state index in [0.717, 1.165) is 31.2 Å². The third kappa shape index (κ3) is 7.71. The van der Waals surface area contributed by atoms with Crippen LogP contribution in [0.2, 0.25) is 5.02 Å². The Morgan fingerprint density at radius 2 is 1.59 bits per heavy atom. The van der Waals surface area contributed by atoms with Gasteiger partial charge in [-0.05, 0) is 54.8 Å². The number of hydrogen-bond donors (Lipinski definition) is 1. The minimum absolute atomic E-state index is 0.0591. The predicted octanol–water partition coefficient (Wildman–Crippen LogP) is 4.91. The number of carbonyl (C=O) groups is 1. The molecule has 0 aliphatic heterocycles. The van der Waals surface area contributed by atoms with Gasteiger partial charge in [0.2, 0.25) is 10.0 Å². The van der Waals surface area contributed by atoms with Gasteiger partial charge < -0.3 is 10.1 Å². The summed E-state index contributed by atoms with van der Waals surface area (Å²) in [7, 11) is -3.49. The van der Waals surface area contributed by atoms with E-state index in [1.165, 1.54) is 29.8 Å². The molecule has 1 aliphatic rings. The molecule has 6 nitrogen and oxygen atoms in total. The number of nitrogens with one attached hydrogen (secondary N) is 1. The van der Waals surface area contributed by atoms with Crippen LogP contribution in [0.1, 0.15) is 50.5 Å². The van der Waals surface area contributed by atoms with Crippen molar-refractivity contribution in [3.8, 4) is 5.75 Å². The first-order valence-electron chi connectivity index (χ1n) is 11.1. The van der Waals surface area contributed by atoms with Crippen LogP contribution in [0, 0.1) is 0 Å². The van der Waals surface area contributed by atoms with Gasteiger partial charge in [-0.1, -0.05) is 55.8 Å². The molecule has 2 aromatic rings. The summed E-state index contributed by atoms with van der Waals surface area (Å²) in [5.74, 6) is 0.390. The molecule has 0 heterocycles. The molecule has 32 heavy (non-hydrogen) atoms. The molecular weight excluding hydrogens is 448 g/mol. The molecule has 1 saturated carbocycles. The number of anilines is 1. The molecule has 0 unspecified atom stereocenters. The van der Waals surface area contributed by atoms with E-state index in [-0.39, 0.29) is 25.1 Å². The lowest BCUT2D eigenvalue weighted by atomic mass is 9.97. The molecule has 0 bridgehead atoms. The zero-order valence-corrected chi connectivity index (χ0v) is 20.0. The highest BCUT2D eigenvalue weighted by atomic mass is 35.5. The van der Waals surface area contributed by atoms with Crippen LogP contribution >= 0.6 is 11.6 Å². The lowest BCUT2D eigenvalue weighted by Crippen LogP contribution is -2.38. The Labute approximate surface area is 196 Å². The summed E-state index contributed by atoms with van der Waals surface area (Å²) in [6.07, 6.45) is 9.28. The fraction of sp³-hybridized carbons (Fsp3) is 0.458. The monoisotopic (exact) mass is 478 g/mol. The number of amides is 1. The van der Waals surface area contributed by atoms with Gasteiger partial charge in [0, 0.05) is 11.1 Å². The van der Waals surface area contributed by atoms with E-state index in [1.807, 2.05) is 0 Å². The van der Waals surface area contributed by atoms with Crippen LogP contribution in [0.25, 0.3) is 0 Å².